The maximum Gasteiger partial charge on any atom is 0.237 e. The number of benzene rings is 2. The van der Waals surface area contributed by atoms with Gasteiger partial charge in [0.1, 0.15) is 17.2 Å². The number of nitriles is 1. The van der Waals surface area contributed by atoms with Crippen LogP contribution in [0, 0.1) is 28.1 Å². The summed E-state index contributed by atoms with van der Waals surface area (Å²) in [7, 11) is 3.18. The first kappa shape index (κ1) is 32.4. The largest absolute Gasteiger partial charge is 0.480 e. The number of aryl methyl sites for hydroxylation is 1. The Morgan fingerprint density at radius 1 is 0.896 bits per heavy atom. The Labute approximate surface area is 290 Å². The van der Waals surface area contributed by atoms with Crippen LogP contribution >= 0.6 is 23.2 Å². The summed E-state index contributed by atoms with van der Waals surface area (Å²) in [5.74, 6) is 1.59. The Balaban J connectivity index is 1.10. The average Bonchev–Trinajstić information content (AvgIpc) is 3.49. The minimum absolute atomic E-state index is 0.0641. The van der Waals surface area contributed by atoms with Gasteiger partial charge in [0.2, 0.25) is 11.8 Å². The van der Waals surface area contributed by atoms with Gasteiger partial charge in [0, 0.05) is 41.6 Å². The van der Waals surface area contributed by atoms with Crippen LogP contribution in [0.5, 0.6) is 11.8 Å². The van der Waals surface area contributed by atoms with E-state index in [9.17, 15) is 10.1 Å². The Bertz CT molecular complexity index is 1920. The van der Waals surface area contributed by atoms with Crippen molar-refractivity contribution in [3.63, 3.8) is 0 Å². The molecule has 4 aliphatic rings. The van der Waals surface area contributed by atoms with Gasteiger partial charge < -0.3 is 14.8 Å². The Kier molecular flexibility index (Phi) is 8.84. The number of aromatic nitrogens is 4. The fourth-order valence-electron chi connectivity index (χ4n) is 7.77. The number of nitrogens with zero attached hydrogens (tertiary/aromatic N) is 5. The highest BCUT2D eigenvalue weighted by Crippen LogP contribution is 2.74. The van der Waals surface area contributed by atoms with E-state index in [-0.39, 0.29) is 10.8 Å². The molecular formula is C37H36Cl2N6O3. The highest BCUT2D eigenvalue weighted by molar-refractivity contribution is 6.39. The Morgan fingerprint density at radius 2 is 1.46 bits per heavy atom. The number of hydrogen-bond donors (Lipinski definition) is 1. The van der Waals surface area contributed by atoms with Gasteiger partial charge in [0.05, 0.1) is 59.5 Å². The maximum absolute atomic E-state index is 11.6. The molecule has 8 rings (SSSR count). The van der Waals surface area contributed by atoms with E-state index < -0.39 is 0 Å². The predicted molar refractivity (Wildman–Crippen MR) is 184 cm³/mol. The second kappa shape index (κ2) is 13.1. The lowest BCUT2D eigenvalue weighted by molar-refractivity contribution is -0.167. The number of ketones is 1. The number of ether oxygens (including phenoxy) is 2. The van der Waals surface area contributed by atoms with Crippen LogP contribution in [0.4, 0.5) is 0 Å². The molecule has 0 spiro atoms. The van der Waals surface area contributed by atoms with Gasteiger partial charge in [-0.2, -0.15) is 5.26 Å². The summed E-state index contributed by atoms with van der Waals surface area (Å²) in [6, 6.07) is 14.0. The Hall–Kier alpha value is -4.10. The zero-order valence-electron chi connectivity index (χ0n) is 27.0. The standard InChI is InChI=1S/C37H36Cl2N6O3/c1-47-34-28(11-12-36-18-37(19-36,20-36)21-40)42-16-29(44-34)26-7-3-5-24(32(26)38)25-6-4-8-27(33(25)39)30-17-43-31(35(45-30)48-2)15-41-14-22-9-10-23(46)13-22/h3-8,16-17,22,41H,9-15,18-20H2,1-2H3/t22-,36?,37?/m1/s1. The lowest BCUT2D eigenvalue weighted by Gasteiger charge is -2.67. The minimum Gasteiger partial charge on any atom is -0.480 e. The highest BCUT2D eigenvalue weighted by atomic mass is 35.5. The van der Waals surface area contributed by atoms with Gasteiger partial charge in [0.25, 0.3) is 0 Å². The molecule has 0 aliphatic heterocycles. The van der Waals surface area contributed by atoms with Crippen LogP contribution in [0.25, 0.3) is 33.6 Å². The van der Waals surface area contributed by atoms with Crippen molar-refractivity contribution < 1.29 is 14.3 Å². The maximum atomic E-state index is 11.6. The van der Waals surface area contributed by atoms with E-state index in [0.717, 1.165) is 61.9 Å². The van der Waals surface area contributed by atoms with Crippen LogP contribution in [-0.4, -0.2) is 46.5 Å². The monoisotopic (exact) mass is 682 g/mol. The molecule has 4 fully saturated rings. The lowest BCUT2D eigenvalue weighted by Crippen LogP contribution is -2.60. The van der Waals surface area contributed by atoms with Gasteiger partial charge in [-0.1, -0.05) is 59.6 Å². The zero-order valence-corrected chi connectivity index (χ0v) is 28.5. The number of methoxy groups -OCH3 is 2. The van der Waals surface area contributed by atoms with Crippen LogP contribution in [0.2, 0.25) is 10.0 Å². The topological polar surface area (TPSA) is 123 Å². The number of carbonyl (C=O) groups excluding carboxylic acids is 1. The van der Waals surface area contributed by atoms with E-state index in [4.69, 9.17) is 47.6 Å². The molecular weight excluding hydrogens is 647 g/mol. The van der Waals surface area contributed by atoms with Crippen molar-refractivity contribution >= 4 is 29.0 Å². The first-order valence-electron chi connectivity index (χ1n) is 16.3. The summed E-state index contributed by atoms with van der Waals surface area (Å²) < 4.78 is 11.3. The summed E-state index contributed by atoms with van der Waals surface area (Å²) >= 11 is 14.1. The number of rotatable bonds is 12. The molecule has 4 aromatic rings. The number of halogens is 2. The molecule has 11 heteroatoms. The molecule has 0 saturated heterocycles. The molecule has 2 aromatic carbocycles. The van der Waals surface area contributed by atoms with Crippen LogP contribution in [0.3, 0.4) is 0 Å². The quantitative estimate of drug-likeness (QED) is 0.160. The van der Waals surface area contributed by atoms with Crippen LogP contribution in [0.15, 0.2) is 48.8 Å². The summed E-state index contributed by atoms with van der Waals surface area (Å²) in [4.78, 5) is 30.5. The molecule has 2 aromatic heterocycles. The second-order valence-electron chi connectivity index (χ2n) is 13.5. The van der Waals surface area contributed by atoms with E-state index in [1.807, 2.05) is 36.4 Å². The number of hydrogen-bond acceptors (Lipinski definition) is 9. The normalized spacial score (nSPS) is 22.5. The smallest absolute Gasteiger partial charge is 0.237 e. The summed E-state index contributed by atoms with van der Waals surface area (Å²) in [5.41, 5.74) is 5.77. The van der Waals surface area contributed by atoms with Gasteiger partial charge in [-0.05, 0) is 56.4 Å². The summed E-state index contributed by atoms with van der Waals surface area (Å²) in [6.45, 7) is 1.23. The molecule has 0 radical (unpaired) electrons. The SMILES string of the molecule is COc1nc(-c2cccc(-c3cccc(-c4cnc(CNC[C@@H]5CCC(=O)C5)c(OC)n4)c3Cl)c2Cl)cnc1CCC12CC(C#N)(C1)C2. The van der Waals surface area contributed by atoms with Crippen molar-refractivity contribution in [2.75, 3.05) is 20.8 Å². The molecule has 246 valence electrons. The predicted octanol–water partition coefficient (Wildman–Crippen LogP) is 7.68. The van der Waals surface area contributed by atoms with Crippen molar-refractivity contribution in [2.24, 2.45) is 16.7 Å². The van der Waals surface area contributed by atoms with Crippen molar-refractivity contribution in [1.82, 2.24) is 25.3 Å². The minimum atomic E-state index is -0.0641. The third-order valence-electron chi connectivity index (χ3n) is 10.2. The van der Waals surface area contributed by atoms with E-state index in [1.165, 1.54) is 0 Å². The molecule has 9 nitrogen and oxygen atoms in total. The van der Waals surface area contributed by atoms with E-state index in [2.05, 4.69) is 16.4 Å². The van der Waals surface area contributed by atoms with Gasteiger partial charge >= 0.3 is 0 Å². The van der Waals surface area contributed by atoms with Gasteiger partial charge in [-0.15, -0.1) is 0 Å². The summed E-state index contributed by atoms with van der Waals surface area (Å²) in [6.07, 6.45) is 10.4. The van der Waals surface area contributed by atoms with Crippen molar-refractivity contribution in [1.29, 1.82) is 5.26 Å². The van der Waals surface area contributed by atoms with Gasteiger partial charge in [-0.25, -0.2) is 9.97 Å². The fraction of sp³-hybridized carbons (Fsp3) is 0.405. The van der Waals surface area contributed by atoms with E-state index in [1.54, 1.807) is 26.6 Å². The van der Waals surface area contributed by atoms with E-state index in [0.29, 0.717) is 81.1 Å². The first-order chi connectivity index (χ1) is 23.3. The van der Waals surface area contributed by atoms with Gasteiger partial charge in [-0.3, -0.25) is 14.8 Å². The molecule has 0 amide bonds. The number of nitrogens with one attached hydrogen (secondary N) is 1. The molecule has 4 saturated carbocycles. The number of Topliss-reactive ketones (excluding diaryl/α,β-unsaturated/α-hetero) is 1. The third kappa shape index (κ3) is 6.02. The van der Waals surface area contributed by atoms with Crippen LogP contribution in [-0.2, 0) is 17.8 Å². The Morgan fingerprint density at radius 3 is 2.00 bits per heavy atom. The van der Waals surface area contributed by atoms with Gasteiger partial charge in [0.15, 0.2) is 0 Å². The van der Waals surface area contributed by atoms with E-state index >= 15 is 0 Å². The fourth-order valence-corrected chi connectivity index (χ4v) is 8.42. The second-order valence-corrected chi connectivity index (χ2v) is 14.2. The highest BCUT2D eigenvalue weighted by Gasteiger charge is 2.67. The zero-order chi connectivity index (χ0) is 33.5. The summed E-state index contributed by atoms with van der Waals surface area (Å²) in [5, 5.41) is 13.7. The molecule has 2 heterocycles. The molecule has 1 N–H and O–H groups in total. The van der Waals surface area contributed by atoms with Crippen molar-refractivity contribution in [3.8, 4) is 51.5 Å². The number of carbonyl (C=O) groups is 1. The lowest BCUT2D eigenvalue weighted by atomic mass is 9.35. The molecule has 48 heavy (non-hydrogen) atoms. The molecule has 1 atom stereocenters. The molecule has 0 unspecified atom stereocenters. The third-order valence-corrected chi connectivity index (χ3v) is 11.0. The average molecular weight is 684 g/mol. The van der Waals surface area contributed by atoms with Crippen LogP contribution < -0.4 is 14.8 Å². The van der Waals surface area contributed by atoms with Crippen molar-refractivity contribution in [2.45, 2.75) is 57.9 Å². The van der Waals surface area contributed by atoms with Crippen LogP contribution in [0.1, 0.15) is 56.3 Å². The molecule has 4 aliphatic carbocycles. The first-order valence-corrected chi connectivity index (χ1v) is 17.0. The van der Waals surface area contributed by atoms with Crippen molar-refractivity contribution in [3.05, 3.63) is 70.2 Å². The molecule has 2 bridgehead atoms.